The molecule has 1 saturated heterocycles. The molecule has 13 heavy (non-hydrogen) atoms. The summed E-state index contributed by atoms with van der Waals surface area (Å²) in [6.45, 7) is 3.35. The minimum absolute atomic E-state index is 0.696. The molecular formula is C8H14N4O. The molecule has 1 aromatic rings. The van der Waals surface area contributed by atoms with Crippen molar-refractivity contribution in [2.45, 2.75) is 0 Å². The molecule has 1 aliphatic rings. The SMILES string of the molecule is Cn1nc(N2CCOCC2)cc1N. The highest BCUT2D eigenvalue weighted by Gasteiger charge is 2.14. The maximum absolute atomic E-state index is 5.69. The Morgan fingerprint density at radius 1 is 1.46 bits per heavy atom. The Kier molecular flexibility index (Phi) is 2.10. The largest absolute Gasteiger partial charge is 0.384 e. The molecule has 2 heterocycles. The molecule has 0 aromatic carbocycles. The molecule has 0 spiro atoms. The lowest BCUT2D eigenvalue weighted by Gasteiger charge is -2.26. The van der Waals surface area contributed by atoms with Crippen LogP contribution in [0.1, 0.15) is 0 Å². The Hall–Kier alpha value is -1.23. The van der Waals surface area contributed by atoms with Crippen LogP contribution in [0.3, 0.4) is 0 Å². The average molecular weight is 182 g/mol. The molecule has 5 nitrogen and oxygen atoms in total. The standard InChI is InChI=1S/C8H14N4O/c1-11-7(9)6-8(10-11)12-2-4-13-5-3-12/h6H,2-5,9H2,1H3. The zero-order valence-electron chi connectivity index (χ0n) is 7.73. The number of anilines is 2. The maximum Gasteiger partial charge on any atom is 0.152 e. The summed E-state index contributed by atoms with van der Waals surface area (Å²) in [5, 5.41) is 4.30. The van der Waals surface area contributed by atoms with Crippen LogP contribution in [0.4, 0.5) is 11.6 Å². The lowest BCUT2D eigenvalue weighted by molar-refractivity contribution is 0.122. The molecule has 0 bridgehead atoms. The molecule has 5 heteroatoms. The number of ether oxygens (including phenoxy) is 1. The average Bonchev–Trinajstić information content (AvgIpc) is 2.49. The molecule has 0 aliphatic carbocycles. The van der Waals surface area contributed by atoms with Crippen LogP contribution in [-0.2, 0) is 11.8 Å². The molecule has 1 aromatic heterocycles. The highest BCUT2D eigenvalue weighted by molar-refractivity contribution is 5.47. The molecule has 2 N–H and O–H groups in total. The number of aromatic nitrogens is 2. The van der Waals surface area contributed by atoms with Gasteiger partial charge in [-0.15, -0.1) is 0 Å². The van der Waals surface area contributed by atoms with Gasteiger partial charge < -0.3 is 15.4 Å². The summed E-state index contributed by atoms with van der Waals surface area (Å²) < 4.78 is 6.94. The molecule has 1 fully saturated rings. The highest BCUT2D eigenvalue weighted by Crippen LogP contribution is 2.16. The first-order chi connectivity index (χ1) is 6.27. The summed E-state index contributed by atoms with van der Waals surface area (Å²) in [6.07, 6.45) is 0. The minimum atomic E-state index is 0.696. The van der Waals surface area contributed by atoms with Crippen molar-refractivity contribution < 1.29 is 4.74 Å². The van der Waals surface area contributed by atoms with E-state index in [2.05, 4.69) is 10.00 Å². The summed E-state index contributed by atoms with van der Waals surface area (Å²) in [4.78, 5) is 2.18. The van der Waals surface area contributed by atoms with Crippen molar-refractivity contribution in [3.05, 3.63) is 6.07 Å². The number of aryl methyl sites for hydroxylation is 1. The van der Waals surface area contributed by atoms with Crippen LogP contribution in [0.5, 0.6) is 0 Å². The summed E-state index contributed by atoms with van der Waals surface area (Å²) in [6, 6.07) is 1.89. The summed E-state index contributed by atoms with van der Waals surface area (Å²) in [5.41, 5.74) is 5.69. The second kappa shape index (κ2) is 3.26. The van der Waals surface area contributed by atoms with Gasteiger partial charge in [0, 0.05) is 26.2 Å². The first kappa shape index (κ1) is 8.37. The normalized spacial score (nSPS) is 17.8. The van der Waals surface area contributed by atoms with Crippen molar-refractivity contribution in [3.63, 3.8) is 0 Å². The second-order valence-electron chi connectivity index (χ2n) is 3.15. The third-order valence-corrected chi connectivity index (χ3v) is 2.24. The quantitative estimate of drug-likeness (QED) is 0.655. The van der Waals surface area contributed by atoms with Crippen LogP contribution in [0.15, 0.2) is 6.07 Å². The van der Waals surface area contributed by atoms with Gasteiger partial charge in [0.05, 0.1) is 13.2 Å². The van der Waals surface area contributed by atoms with E-state index < -0.39 is 0 Å². The molecule has 0 amide bonds. The van der Waals surface area contributed by atoms with E-state index in [-0.39, 0.29) is 0 Å². The molecule has 2 rings (SSSR count). The minimum Gasteiger partial charge on any atom is -0.384 e. The topological polar surface area (TPSA) is 56.3 Å². The van der Waals surface area contributed by atoms with Crippen LogP contribution in [-0.4, -0.2) is 36.1 Å². The monoisotopic (exact) mass is 182 g/mol. The van der Waals surface area contributed by atoms with Crippen LogP contribution >= 0.6 is 0 Å². The van der Waals surface area contributed by atoms with Gasteiger partial charge in [-0.1, -0.05) is 0 Å². The number of nitrogens with zero attached hydrogens (tertiary/aromatic N) is 3. The van der Waals surface area contributed by atoms with Crippen molar-refractivity contribution >= 4 is 11.6 Å². The zero-order chi connectivity index (χ0) is 9.26. The Morgan fingerprint density at radius 3 is 2.69 bits per heavy atom. The van der Waals surface area contributed by atoms with Crippen molar-refractivity contribution in [2.24, 2.45) is 7.05 Å². The van der Waals surface area contributed by atoms with Gasteiger partial charge in [0.15, 0.2) is 5.82 Å². The first-order valence-corrected chi connectivity index (χ1v) is 4.39. The van der Waals surface area contributed by atoms with Gasteiger partial charge in [0.2, 0.25) is 0 Å². The van der Waals surface area contributed by atoms with Gasteiger partial charge in [0.1, 0.15) is 5.82 Å². The molecular weight excluding hydrogens is 168 g/mol. The van der Waals surface area contributed by atoms with Crippen LogP contribution < -0.4 is 10.6 Å². The van der Waals surface area contributed by atoms with Crippen molar-refractivity contribution in [3.8, 4) is 0 Å². The van der Waals surface area contributed by atoms with E-state index in [1.807, 2.05) is 13.1 Å². The van der Waals surface area contributed by atoms with Gasteiger partial charge in [-0.05, 0) is 0 Å². The predicted octanol–water partition coefficient (Wildman–Crippen LogP) is -0.161. The van der Waals surface area contributed by atoms with Crippen LogP contribution in [0.25, 0.3) is 0 Å². The van der Waals surface area contributed by atoms with E-state index >= 15 is 0 Å². The van der Waals surface area contributed by atoms with Crippen molar-refractivity contribution in [1.82, 2.24) is 9.78 Å². The molecule has 0 radical (unpaired) electrons. The van der Waals surface area contributed by atoms with Gasteiger partial charge in [-0.2, -0.15) is 5.10 Å². The smallest absolute Gasteiger partial charge is 0.152 e. The van der Waals surface area contributed by atoms with Gasteiger partial charge in [-0.25, -0.2) is 0 Å². The van der Waals surface area contributed by atoms with Crippen molar-refractivity contribution in [1.29, 1.82) is 0 Å². The third kappa shape index (κ3) is 1.60. The lowest BCUT2D eigenvalue weighted by Crippen LogP contribution is -2.36. The van der Waals surface area contributed by atoms with Crippen LogP contribution in [0, 0.1) is 0 Å². The number of morpholine rings is 1. The summed E-state index contributed by atoms with van der Waals surface area (Å²) in [5.74, 6) is 1.64. The van der Waals surface area contributed by atoms with E-state index in [4.69, 9.17) is 10.5 Å². The van der Waals surface area contributed by atoms with Gasteiger partial charge in [0.25, 0.3) is 0 Å². The fourth-order valence-electron chi connectivity index (χ4n) is 1.41. The zero-order valence-corrected chi connectivity index (χ0v) is 7.73. The number of nitrogens with two attached hydrogens (primary N) is 1. The molecule has 0 unspecified atom stereocenters. The van der Waals surface area contributed by atoms with E-state index in [1.165, 1.54) is 0 Å². The third-order valence-electron chi connectivity index (χ3n) is 2.24. The van der Waals surface area contributed by atoms with E-state index in [9.17, 15) is 0 Å². The lowest BCUT2D eigenvalue weighted by atomic mass is 10.4. The highest BCUT2D eigenvalue weighted by atomic mass is 16.5. The fraction of sp³-hybridized carbons (Fsp3) is 0.625. The second-order valence-corrected chi connectivity index (χ2v) is 3.15. The molecule has 0 atom stereocenters. The molecule has 0 saturated carbocycles. The van der Waals surface area contributed by atoms with E-state index in [0.717, 1.165) is 32.1 Å². The maximum atomic E-state index is 5.69. The Labute approximate surface area is 77.1 Å². The fourth-order valence-corrected chi connectivity index (χ4v) is 1.41. The predicted molar refractivity (Wildman–Crippen MR) is 50.7 cm³/mol. The summed E-state index contributed by atoms with van der Waals surface area (Å²) in [7, 11) is 1.85. The van der Waals surface area contributed by atoms with Gasteiger partial charge >= 0.3 is 0 Å². The van der Waals surface area contributed by atoms with Crippen LogP contribution in [0.2, 0.25) is 0 Å². The number of nitrogen functional groups attached to an aromatic ring is 1. The number of hydrogen-bond donors (Lipinski definition) is 1. The Bertz CT molecular complexity index is 271. The molecule has 72 valence electrons. The van der Waals surface area contributed by atoms with E-state index in [1.54, 1.807) is 4.68 Å². The number of rotatable bonds is 1. The molecule has 1 aliphatic heterocycles. The number of hydrogen-bond acceptors (Lipinski definition) is 4. The van der Waals surface area contributed by atoms with E-state index in [0.29, 0.717) is 5.82 Å². The first-order valence-electron chi connectivity index (χ1n) is 4.39. The summed E-state index contributed by atoms with van der Waals surface area (Å²) >= 11 is 0. The van der Waals surface area contributed by atoms with Crippen molar-refractivity contribution in [2.75, 3.05) is 36.9 Å². The van der Waals surface area contributed by atoms with Gasteiger partial charge in [-0.3, -0.25) is 4.68 Å². The Balaban J connectivity index is 2.14. The Morgan fingerprint density at radius 2 is 2.15 bits per heavy atom.